The molecular weight excluding hydrogens is 450 g/mol. The normalized spacial score (nSPS) is 17.0. The zero-order valence-corrected chi connectivity index (χ0v) is 20.9. The van der Waals surface area contributed by atoms with E-state index in [9.17, 15) is 9.59 Å². The van der Waals surface area contributed by atoms with Gasteiger partial charge in [-0.1, -0.05) is 56.5 Å². The van der Waals surface area contributed by atoms with Gasteiger partial charge in [-0.2, -0.15) is 0 Å². The Hall–Kier alpha value is -3.00. The molecule has 2 amide bonds. The third kappa shape index (κ3) is 7.00. The van der Waals surface area contributed by atoms with Crippen LogP contribution in [0.3, 0.4) is 0 Å². The van der Waals surface area contributed by atoms with Crippen molar-refractivity contribution < 1.29 is 19.1 Å². The van der Waals surface area contributed by atoms with Crippen LogP contribution >= 0.6 is 11.8 Å². The Morgan fingerprint density at radius 2 is 1.79 bits per heavy atom. The number of carbonyl (C=O) groups excluding carboxylic acids is 2. The molecule has 34 heavy (non-hydrogen) atoms. The number of carbonyl (C=O) groups is 2. The number of nitrogens with one attached hydrogen (secondary N) is 1. The summed E-state index contributed by atoms with van der Waals surface area (Å²) in [6.45, 7) is 2.78. The predicted octanol–water partition coefficient (Wildman–Crippen LogP) is 5.63. The van der Waals surface area contributed by atoms with Gasteiger partial charge in [0, 0.05) is 13.0 Å². The van der Waals surface area contributed by atoms with Gasteiger partial charge in [0.1, 0.15) is 16.7 Å². The fourth-order valence-corrected chi connectivity index (χ4v) is 4.79. The third-order valence-electron chi connectivity index (χ3n) is 5.58. The van der Waals surface area contributed by atoms with Crippen LogP contribution < -0.4 is 14.8 Å². The largest absolute Gasteiger partial charge is 0.497 e. The van der Waals surface area contributed by atoms with E-state index >= 15 is 0 Å². The van der Waals surface area contributed by atoms with Crippen LogP contribution in [-0.2, 0) is 9.59 Å². The van der Waals surface area contributed by atoms with Crippen molar-refractivity contribution in [2.45, 2.75) is 50.7 Å². The molecule has 1 saturated heterocycles. The Morgan fingerprint density at radius 3 is 2.50 bits per heavy atom. The molecule has 0 radical (unpaired) electrons. The molecule has 1 atom stereocenters. The highest BCUT2D eigenvalue weighted by molar-refractivity contribution is 8.15. The van der Waals surface area contributed by atoms with Crippen LogP contribution in [0.1, 0.15) is 45.4 Å². The molecule has 7 nitrogen and oxygen atoms in total. The summed E-state index contributed by atoms with van der Waals surface area (Å²) in [4.78, 5) is 32.7. The van der Waals surface area contributed by atoms with E-state index < -0.39 is 5.25 Å². The van der Waals surface area contributed by atoms with Crippen molar-refractivity contribution in [2.75, 3.05) is 26.1 Å². The van der Waals surface area contributed by atoms with Gasteiger partial charge in [-0.3, -0.25) is 14.5 Å². The van der Waals surface area contributed by atoms with Crippen molar-refractivity contribution in [3.63, 3.8) is 0 Å². The fraction of sp³-hybridized carbons (Fsp3) is 0.423. The Morgan fingerprint density at radius 1 is 1.06 bits per heavy atom. The van der Waals surface area contributed by atoms with Gasteiger partial charge < -0.3 is 14.8 Å². The molecule has 3 rings (SSSR count). The predicted molar refractivity (Wildman–Crippen MR) is 138 cm³/mol. The molecule has 182 valence electrons. The van der Waals surface area contributed by atoms with Crippen molar-refractivity contribution in [1.29, 1.82) is 0 Å². The highest BCUT2D eigenvalue weighted by atomic mass is 32.2. The molecule has 1 unspecified atom stereocenters. The lowest BCUT2D eigenvalue weighted by Gasteiger charge is -2.32. The number of rotatable bonds is 11. The average Bonchev–Trinajstić information content (AvgIpc) is 2.85. The van der Waals surface area contributed by atoms with E-state index in [-0.39, 0.29) is 18.2 Å². The summed E-state index contributed by atoms with van der Waals surface area (Å²) in [6.07, 6.45) is 5.62. The molecule has 2 aromatic carbocycles. The lowest BCUT2D eigenvalue weighted by Crippen LogP contribution is -2.45. The highest BCUT2D eigenvalue weighted by Crippen LogP contribution is 2.32. The van der Waals surface area contributed by atoms with E-state index in [1.165, 1.54) is 24.6 Å². The molecule has 0 saturated carbocycles. The minimum Gasteiger partial charge on any atom is -0.497 e. The number of thioether (sulfide) groups is 1. The van der Waals surface area contributed by atoms with Gasteiger partial charge in [-0.15, -0.1) is 0 Å². The van der Waals surface area contributed by atoms with Crippen molar-refractivity contribution in [1.82, 2.24) is 4.90 Å². The van der Waals surface area contributed by atoms with Gasteiger partial charge in [-0.05, 0) is 42.8 Å². The Kier molecular flexibility index (Phi) is 9.82. The van der Waals surface area contributed by atoms with E-state index in [1.54, 1.807) is 31.3 Å². The summed E-state index contributed by atoms with van der Waals surface area (Å²) in [6, 6.07) is 14.6. The topological polar surface area (TPSA) is 80.2 Å². The first kappa shape index (κ1) is 25.6. The van der Waals surface area contributed by atoms with Gasteiger partial charge in [0.2, 0.25) is 11.8 Å². The maximum Gasteiger partial charge on any atom is 0.238 e. The number of methoxy groups -OCH3 is 2. The van der Waals surface area contributed by atoms with Crippen LogP contribution in [0.25, 0.3) is 0 Å². The summed E-state index contributed by atoms with van der Waals surface area (Å²) in [5.74, 6) is 0.983. The average molecular weight is 484 g/mol. The molecule has 0 aliphatic carbocycles. The van der Waals surface area contributed by atoms with Crippen molar-refractivity contribution in [3.8, 4) is 11.5 Å². The van der Waals surface area contributed by atoms with Crippen molar-refractivity contribution in [3.05, 3.63) is 48.5 Å². The monoisotopic (exact) mass is 483 g/mol. The second-order valence-electron chi connectivity index (χ2n) is 8.05. The number of amidine groups is 1. The summed E-state index contributed by atoms with van der Waals surface area (Å²) >= 11 is 1.33. The number of aliphatic imine (C=N–C) groups is 1. The summed E-state index contributed by atoms with van der Waals surface area (Å²) in [5.41, 5.74) is 1.29. The third-order valence-corrected chi connectivity index (χ3v) is 6.77. The zero-order chi connectivity index (χ0) is 24.3. The van der Waals surface area contributed by atoms with Gasteiger partial charge in [-0.25, -0.2) is 4.99 Å². The molecule has 0 bridgehead atoms. The smallest absolute Gasteiger partial charge is 0.238 e. The standard InChI is InChI=1S/C26H33N3O4S/c1-4-5-6-7-10-17-29-24(30)18-23(25(31)28-21-11-8-9-12-22(21)33-3)34-26(29)27-19-13-15-20(32-2)16-14-19/h8-9,11-16,23H,4-7,10,17-18H2,1-3H3,(H,28,31). The second kappa shape index (κ2) is 13.0. The van der Waals surface area contributed by atoms with E-state index in [0.29, 0.717) is 28.8 Å². The van der Waals surface area contributed by atoms with Crippen molar-refractivity contribution in [2.24, 2.45) is 4.99 Å². The number of ether oxygens (including phenoxy) is 2. The van der Waals surface area contributed by atoms with Crippen LogP contribution in [0.5, 0.6) is 11.5 Å². The van der Waals surface area contributed by atoms with E-state index in [2.05, 4.69) is 12.2 Å². The van der Waals surface area contributed by atoms with Gasteiger partial charge in [0.05, 0.1) is 25.6 Å². The molecular formula is C26H33N3O4S. The van der Waals surface area contributed by atoms with E-state index in [0.717, 1.165) is 25.0 Å². The van der Waals surface area contributed by atoms with E-state index in [4.69, 9.17) is 14.5 Å². The lowest BCUT2D eigenvalue weighted by molar-refractivity contribution is -0.129. The van der Waals surface area contributed by atoms with Crippen LogP contribution in [0, 0.1) is 0 Å². The first-order valence-electron chi connectivity index (χ1n) is 11.7. The minimum atomic E-state index is -0.578. The highest BCUT2D eigenvalue weighted by Gasteiger charge is 2.36. The molecule has 1 fully saturated rings. The molecule has 1 heterocycles. The van der Waals surface area contributed by atoms with Gasteiger partial charge in [0.15, 0.2) is 5.17 Å². The number of amides is 2. The quantitative estimate of drug-likeness (QED) is 0.419. The van der Waals surface area contributed by atoms with Crippen LogP contribution in [0.15, 0.2) is 53.5 Å². The van der Waals surface area contributed by atoms with Crippen LogP contribution in [0.4, 0.5) is 11.4 Å². The Labute approximate surface area is 205 Å². The summed E-state index contributed by atoms with van der Waals surface area (Å²) < 4.78 is 10.6. The lowest BCUT2D eigenvalue weighted by atomic mass is 10.1. The second-order valence-corrected chi connectivity index (χ2v) is 9.22. The van der Waals surface area contributed by atoms with Crippen LogP contribution in [-0.4, -0.2) is 47.9 Å². The van der Waals surface area contributed by atoms with E-state index in [1.807, 2.05) is 36.4 Å². The van der Waals surface area contributed by atoms with Crippen molar-refractivity contribution >= 4 is 40.1 Å². The number of nitrogens with zero attached hydrogens (tertiary/aromatic N) is 2. The number of hydrogen-bond acceptors (Lipinski definition) is 6. The maximum atomic E-state index is 13.1. The molecule has 0 spiro atoms. The Bertz CT molecular complexity index is 994. The summed E-state index contributed by atoms with van der Waals surface area (Å²) in [5, 5.41) is 2.88. The molecule has 1 N–H and O–H groups in total. The number of unbranched alkanes of at least 4 members (excludes halogenated alkanes) is 4. The molecule has 2 aromatic rings. The molecule has 8 heteroatoms. The van der Waals surface area contributed by atoms with Gasteiger partial charge >= 0.3 is 0 Å². The first-order chi connectivity index (χ1) is 16.5. The first-order valence-corrected chi connectivity index (χ1v) is 12.6. The van der Waals surface area contributed by atoms with Crippen LogP contribution in [0.2, 0.25) is 0 Å². The SMILES string of the molecule is CCCCCCCN1C(=O)CC(C(=O)Nc2ccccc2OC)SC1=Nc1ccc(OC)cc1. The number of benzene rings is 2. The molecule has 1 aliphatic rings. The fourth-order valence-electron chi connectivity index (χ4n) is 3.66. The minimum absolute atomic E-state index is 0.0818. The zero-order valence-electron chi connectivity index (χ0n) is 20.1. The number of hydrogen-bond donors (Lipinski definition) is 1. The maximum absolute atomic E-state index is 13.1. The van der Waals surface area contributed by atoms with Gasteiger partial charge in [0.25, 0.3) is 0 Å². The Balaban J connectivity index is 1.78. The number of anilines is 1. The number of para-hydroxylation sites is 2. The summed E-state index contributed by atoms with van der Waals surface area (Å²) in [7, 11) is 3.17. The molecule has 1 aliphatic heterocycles. The molecule has 0 aromatic heterocycles.